The van der Waals surface area contributed by atoms with Crippen molar-refractivity contribution in [3.63, 3.8) is 0 Å². The van der Waals surface area contributed by atoms with Crippen LogP contribution >= 0.6 is 0 Å². The van der Waals surface area contributed by atoms with Crippen LogP contribution in [0.2, 0.25) is 19.6 Å². The highest BCUT2D eigenvalue weighted by Gasteiger charge is 2.14. The molecule has 3 nitrogen and oxygen atoms in total. The van der Waals surface area contributed by atoms with E-state index in [4.69, 9.17) is 0 Å². The molecule has 23 heavy (non-hydrogen) atoms. The molecule has 0 fully saturated rings. The molecule has 4 heteroatoms. The first-order valence-corrected chi connectivity index (χ1v) is 10.7. The highest BCUT2D eigenvalue weighted by atomic mass is 28.3. The molecule has 0 unspecified atom stereocenters. The van der Waals surface area contributed by atoms with Crippen LogP contribution in [0.4, 0.5) is 5.69 Å². The van der Waals surface area contributed by atoms with E-state index in [1.807, 2.05) is 30.3 Å². The van der Waals surface area contributed by atoms with E-state index in [1.165, 1.54) is 6.07 Å². The lowest BCUT2D eigenvalue weighted by Crippen LogP contribution is -2.16. The Hall–Kier alpha value is -2.82. The van der Waals surface area contributed by atoms with Gasteiger partial charge in [-0.25, -0.2) is 0 Å². The molecule has 114 valence electrons. The van der Waals surface area contributed by atoms with Crippen LogP contribution in [-0.2, 0) is 0 Å². The molecule has 0 aliphatic rings. The molecule has 2 aromatic rings. The zero-order valence-corrected chi connectivity index (χ0v) is 14.4. The molecular formula is C19H17NO2Si. The fraction of sp³-hybridized carbons (Fsp3) is 0.158. The van der Waals surface area contributed by atoms with Gasteiger partial charge in [-0.05, 0) is 24.3 Å². The Labute approximate surface area is 137 Å². The number of nitrogens with zero attached hydrogens (tertiary/aromatic N) is 1. The van der Waals surface area contributed by atoms with Gasteiger partial charge in [0.15, 0.2) is 0 Å². The van der Waals surface area contributed by atoms with Crippen molar-refractivity contribution in [2.24, 2.45) is 0 Å². The normalized spacial score (nSPS) is 10.0. The Balaban J connectivity index is 2.39. The van der Waals surface area contributed by atoms with Crippen molar-refractivity contribution < 1.29 is 4.92 Å². The molecule has 0 atom stereocenters. The van der Waals surface area contributed by atoms with E-state index in [2.05, 4.69) is 42.9 Å². The third kappa shape index (κ3) is 5.14. The molecule has 0 aliphatic heterocycles. The summed E-state index contributed by atoms with van der Waals surface area (Å²) in [6, 6.07) is 14.5. The van der Waals surface area contributed by atoms with E-state index in [9.17, 15) is 10.1 Å². The Morgan fingerprint density at radius 1 is 0.913 bits per heavy atom. The molecule has 2 rings (SSSR count). The van der Waals surface area contributed by atoms with E-state index < -0.39 is 13.0 Å². The van der Waals surface area contributed by atoms with Gasteiger partial charge in [0, 0.05) is 17.2 Å². The van der Waals surface area contributed by atoms with Crippen molar-refractivity contribution in [3.05, 3.63) is 75.3 Å². The van der Waals surface area contributed by atoms with Gasteiger partial charge < -0.3 is 0 Å². The minimum atomic E-state index is -1.58. The minimum absolute atomic E-state index is 0.00983. The van der Waals surface area contributed by atoms with E-state index in [0.717, 1.165) is 5.56 Å². The highest BCUT2D eigenvalue weighted by Crippen LogP contribution is 2.19. The van der Waals surface area contributed by atoms with Gasteiger partial charge in [-0.2, -0.15) is 0 Å². The predicted molar refractivity (Wildman–Crippen MR) is 95.7 cm³/mol. The highest BCUT2D eigenvalue weighted by molar-refractivity contribution is 6.83. The predicted octanol–water partition coefficient (Wildman–Crippen LogP) is 4.22. The molecule has 2 aromatic carbocycles. The minimum Gasteiger partial charge on any atom is -0.258 e. The molecule has 0 bridgehead atoms. The SMILES string of the molecule is C[Si](C)(C)C#Cc1ccc(C#Cc2ccccc2)cc1[N+](=O)[O-]. The topological polar surface area (TPSA) is 43.1 Å². The summed E-state index contributed by atoms with van der Waals surface area (Å²) in [6.45, 7) is 6.31. The first kappa shape index (κ1) is 16.5. The van der Waals surface area contributed by atoms with Crippen LogP contribution in [0, 0.1) is 33.4 Å². The standard InChI is InChI=1S/C19H17NO2Si/c1-23(2,3)14-13-18-12-11-17(15-19(18)20(21)22)10-9-16-7-5-4-6-8-16/h4-8,11-12,15H,1-3H3. The molecule has 0 heterocycles. The van der Waals surface area contributed by atoms with Gasteiger partial charge in [-0.15, -0.1) is 5.54 Å². The summed E-state index contributed by atoms with van der Waals surface area (Å²) in [5.74, 6) is 8.92. The Bertz CT molecular complexity index is 844. The average Bonchev–Trinajstić information content (AvgIpc) is 2.51. The van der Waals surface area contributed by atoms with Crippen LogP contribution < -0.4 is 0 Å². The summed E-state index contributed by atoms with van der Waals surface area (Å²) in [5.41, 5.74) is 5.10. The number of nitro groups is 1. The van der Waals surface area contributed by atoms with E-state index >= 15 is 0 Å². The summed E-state index contributed by atoms with van der Waals surface area (Å²) >= 11 is 0. The van der Waals surface area contributed by atoms with Crippen molar-refractivity contribution in [3.8, 4) is 23.3 Å². The summed E-state index contributed by atoms with van der Waals surface area (Å²) in [5, 5.41) is 11.3. The lowest BCUT2D eigenvalue weighted by Gasteiger charge is -2.03. The molecule has 0 saturated heterocycles. The van der Waals surface area contributed by atoms with Crippen molar-refractivity contribution in [1.29, 1.82) is 0 Å². The monoisotopic (exact) mass is 319 g/mol. The number of nitro benzene ring substituents is 1. The zero-order chi connectivity index (χ0) is 16.9. The zero-order valence-electron chi connectivity index (χ0n) is 13.4. The van der Waals surface area contributed by atoms with E-state index in [0.29, 0.717) is 11.1 Å². The molecule has 0 aromatic heterocycles. The molecule has 0 saturated carbocycles. The van der Waals surface area contributed by atoms with Gasteiger partial charge in [-0.1, -0.05) is 55.6 Å². The largest absolute Gasteiger partial charge is 0.286 e. The smallest absolute Gasteiger partial charge is 0.258 e. The lowest BCUT2D eigenvalue weighted by molar-refractivity contribution is -0.385. The van der Waals surface area contributed by atoms with Crippen LogP contribution in [0.25, 0.3) is 0 Å². The average molecular weight is 319 g/mol. The van der Waals surface area contributed by atoms with Crippen LogP contribution in [-0.4, -0.2) is 13.0 Å². The maximum Gasteiger partial charge on any atom is 0.286 e. The summed E-state index contributed by atoms with van der Waals surface area (Å²) in [6.07, 6.45) is 0. The van der Waals surface area contributed by atoms with Crippen molar-refractivity contribution in [1.82, 2.24) is 0 Å². The molecule has 0 N–H and O–H groups in total. The van der Waals surface area contributed by atoms with Crippen LogP contribution in [0.5, 0.6) is 0 Å². The van der Waals surface area contributed by atoms with Crippen LogP contribution in [0.15, 0.2) is 48.5 Å². The second-order valence-electron chi connectivity index (χ2n) is 6.11. The van der Waals surface area contributed by atoms with Gasteiger partial charge in [-0.3, -0.25) is 10.1 Å². The van der Waals surface area contributed by atoms with Crippen molar-refractivity contribution in [2.45, 2.75) is 19.6 Å². The Kier molecular flexibility index (Phi) is 5.01. The molecule has 0 amide bonds. The van der Waals surface area contributed by atoms with Gasteiger partial charge in [0.2, 0.25) is 0 Å². The molecule has 0 spiro atoms. The van der Waals surface area contributed by atoms with Gasteiger partial charge in [0.1, 0.15) is 13.6 Å². The second kappa shape index (κ2) is 6.96. The Morgan fingerprint density at radius 3 is 2.17 bits per heavy atom. The second-order valence-corrected chi connectivity index (χ2v) is 10.9. The maximum atomic E-state index is 11.3. The molecular weight excluding hydrogens is 302 g/mol. The van der Waals surface area contributed by atoms with Crippen molar-refractivity contribution in [2.75, 3.05) is 0 Å². The van der Waals surface area contributed by atoms with Crippen LogP contribution in [0.3, 0.4) is 0 Å². The lowest BCUT2D eigenvalue weighted by atomic mass is 10.1. The fourth-order valence-corrected chi connectivity index (χ4v) is 2.30. The van der Waals surface area contributed by atoms with Gasteiger partial charge >= 0.3 is 0 Å². The number of benzene rings is 2. The quantitative estimate of drug-likeness (QED) is 0.342. The summed E-state index contributed by atoms with van der Waals surface area (Å²) < 4.78 is 0. The summed E-state index contributed by atoms with van der Waals surface area (Å²) in [4.78, 5) is 10.9. The van der Waals surface area contributed by atoms with Crippen LogP contribution in [0.1, 0.15) is 16.7 Å². The number of hydrogen-bond acceptors (Lipinski definition) is 2. The Morgan fingerprint density at radius 2 is 1.57 bits per heavy atom. The third-order valence-electron chi connectivity index (χ3n) is 2.89. The number of rotatable bonds is 1. The van der Waals surface area contributed by atoms with E-state index in [-0.39, 0.29) is 5.69 Å². The van der Waals surface area contributed by atoms with Crippen molar-refractivity contribution >= 4 is 13.8 Å². The summed E-state index contributed by atoms with van der Waals surface area (Å²) in [7, 11) is -1.58. The fourth-order valence-electron chi connectivity index (χ4n) is 1.79. The third-order valence-corrected chi connectivity index (χ3v) is 3.77. The van der Waals surface area contributed by atoms with Gasteiger partial charge in [0.05, 0.1) is 4.92 Å². The first-order chi connectivity index (χ1) is 10.8. The van der Waals surface area contributed by atoms with E-state index in [1.54, 1.807) is 12.1 Å². The number of hydrogen-bond donors (Lipinski definition) is 0. The first-order valence-electron chi connectivity index (χ1n) is 7.24. The maximum absolute atomic E-state index is 11.3. The molecule has 0 radical (unpaired) electrons. The molecule has 0 aliphatic carbocycles. The van der Waals surface area contributed by atoms with Gasteiger partial charge in [0.25, 0.3) is 5.69 Å².